The standard InChI is InChI=1S/C33H58O.C32H50O.C31H54O/c1-23(2)15-12-16-24(3)17-13-18-25(4)19-14-21-33(11)22-20-29-28(7)30(32(8,9)10)26(5)27(6)31(29)34-33;1-23(2)14-11-15-24(3)16-12-17-25(4)18-13-20-32(10)21-19-28-22-29(31(7,8)9)26(5)27(6)30(28)33-32;1-23(2)13-10-14-24(3)15-11-16-25(4)17-12-19-31(9)20-18-27-22-28(30(6,7)8)21-26(5)29(27)32-31/h23-25H,12-22H2,1-11H3;14,16,18,22H,11-13,15,17,19-21H2,1-10H3;21-25H,10-20H2,1-9H3/b;24-16+,25-18+;. The number of ether oxygens (including phenoxy) is 3. The summed E-state index contributed by atoms with van der Waals surface area (Å²) in [4.78, 5) is 0. The molecule has 6 rings (SSSR count). The molecule has 3 nitrogen and oxygen atoms in total. The molecule has 7 atom stereocenters. The number of hydrogen-bond donors (Lipinski definition) is 0. The summed E-state index contributed by atoms with van der Waals surface area (Å²) in [5, 5.41) is 0. The van der Waals surface area contributed by atoms with Crippen molar-refractivity contribution in [1.82, 2.24) is 0 Å². The van der Waals surface area contributed by atoms with Crippen molar-refractivity contribution in [2.24, 2.45) is 35.5 Å². The molecule has 0 aliphatic carbocycles. The first-order valence-electron chi connectivity index (χ1n) is 41.4. The molecule has 0 radical (unpaired) electrons. The molecule has 7 unspecified atom stereocenters. The molecule has 0 N–H and O–H groups in total. The van der Waals surface area contributed by atoms with Crippen molar-refractivity contribution in [2.45, 2.75) is 433 Å². The minimum absolute atomic E-state index is 0.00561. The molecule has 3 aromatic rings. The van der Waals surface area contributed by atoms with E-state index in [9.17, 15) is 0 Å². The van der Waals surface area contributed by atoms with E-state index in [1.165, 1.54) is 217 Å². The summed E-state index contributed by atoms with van der Waals surface area (Å²) in [7, 11) is 0. The fourth-order valence-electron chi connectivity index (χ4n) is 16.6. The number of allylic oxidation sites excluding steroid dienone is 6. The minimum atomic E-state index is -0.0638. The van der Waals surface area contributed by atoms with Gasteiger partial charge in [0.2, 0.25) is 0 Å². The van der Waals surface area contributed by atoms with Gasteiger partial charge in [0.05, 0.1) is 0 Å². The molecule has 0 bridgehead atoms. The van der Waals surface area contributed by atoms with Crippen molar-refractivity contribution in [2.75, 3.05) is 0 Å². The Morgan fingerprint density at radius 2 is 0.798 bits per heavy atom. The van der Waals surface area contributed by atoms with Crippen LogP contribution in [0.15, 0.2) is 53.1 Å². The van der Waals surface area contributed by atoms with Gasteiger partial charge >= 0.3 is 0 Å². The Morgan fingerprint density at radius 3 is 1.24 bits per heavy atom. The van der Waals surface area contributed by atoms with Crippen molar-refractivity contribution in [3.63, 3.8) is 0 Å². The molecule has 0 saturated carbocycles. The summed E-state index contributed by atoms with van der Waals surface area (Å²) in [6.45, 7) is 69.6. The second-order valence-corrected chi connectivity index (χ2v) is 38.6. The molecule has 3 heteroatoms. The van der Waals surface area contributed by atoms with Gasteiger partial charge in [0, 0.05) is 0 Å². The Morgan fingerprint density at radius 1 is 0.404 bits per heavy atom. The Kier molecular flexibility index (Phi) is 35.4. The Bertz CT molecular complexity index is 3020. The predicted molar refractivity (Wildman–Crippen MR) is 440 cm³/mol. The third kappa shape index (κ3) is 29.7. The average Bonchev–Trinajstić information content (AvgIpc) is 0.846. The predicted octanol–water partition coefficient (Wildman–Crippen LogP) is 30.1. The van der Waals surface area contributed by atoms with Crippen LogP contribution in [0.2, 0.25) is 0 Å². The van der Waals surface area contributed by atoms with Gasteiger partial charge in [0.1, 0.15) is 34.1 Å². The number of hydrogen-bond acceptors (Lipinski definition) is 3. The van der Waals surface area contributed by atoms with Crippen molar-refractivity contribution in [3.8, 4) is 17.2 Å². The summed E-state index contributed by atoms with van der Waals surface area (Å²) in [5.41, 5.74) is 22.0. The fourth-order valence-corrected chi connectivity index (χ4v) is 16.6. The zero-order valence-electron chi connectivity index (χ0n) is 71.4. The largest absolute Gasteiger partial charge is 0.487 e. The number of rotatable bonds is 33. The molecule has 3 aliphatic heterocycles. The van der Waals surface area contributed by atoms with Gasteiger partial charge in [-0.05, 0) is 311 Å². The van der Waals surface area contributed by atoms with Gasteiger partial charge in [-0.2, -0.15) is 0 Å². The number of aryl methyl sites for hydroxylation is 3. The van der Waals surface area contributed by atoms with Gasteiger partial charge < -0.3 is 14.2 Å². The smallest absolute Gasteiger partial charge is 0.126 e. The van der Waals surface area contributed by atoms with Crippen molar-refractivity contribution in [1.29, 1.82) is 0 Å². The highest BCUT2D eigenvalue weighted by molar-refractivity contribution is 5.58. The number of fused-ring (bicyclic) bond motifs is 3. The first kappa shape index (κ1) is 87.7. The van der Waals surface area contributed by atoms with Crippen LogP contribution in [0.1, 0.15) is 406 Å². The third-order valence-electron chi connectivity index (χ3n) is 23.7. The van der Waals surface area contributed by atoms with Gasteiger partial charge in [-0.25, -0.2) is 0 Å². The Labute approximate surface area is 616 Å². The highest BCUT2D eigenvalue weighted by Crippen LogP contribution is 2.47. The second-order valence-electron chi connectivity index (χ2n) is 38.6. The number of benzene rings is 3. The molecule has 0 fully saturated rings. The summed E-state index contributed by atoms with van der Waals surface area (Å²) < 4.78 is 20.2. The lowest BCUT2D eigenvalue weighted by Gasteiger charge is -2.40. The minimum Gasteiger partial charge on any atom is -0.487 e. The molecule has 99 heavy (non-hydrogen) atoms. The van der Waals surface area contributed by atoms with Gasteiger partial charge in [0.25, 0.3) is 0 Å². The normalized spacial score (nSPS) is 20.0. The quantitative estimate of drug-likeness (QED) is 0.0569. The molecular weight excluding hydrogens is 1200 g/mol. The van der Waals surface area contributed by atoms with Gasteiger partial charge in [-0.3, -0.25) is 0 Å². The van der Waals surface area contributed by atoms with Gasteiger partial charge in [-0.15, -0.1) is 0 Å². The van der Waals surface area contributed by atoms with Crippen LogP contribution in [0.5, 0.6) is 17.2 Å². The van der Waals surface area contributed by atoms with Gasteiger partial charge in [0.15, 0.2) is 0 Å². The van der Waals surface area contributed by atoms with E-state index in [0.29, 0.717) is 0 Å². The lowest BCUT2D eigenvalue weighted by atomic mass is 9.75. The zero-order valence-corrected chi connectivity index (χ0v) is 71.4. The van der Waals surface area contributed by atoms with Crippen LogP contribution in [-0.4, -0.2) is 16.8 Å². The highest BCUT2D eigenvalue weighted by Gasteiger charge is 2.38. The molecular formula is C96H162O3. The molecule has 3 heterocycles. The van der Waals surface area contributed by atoms with E-state index in [4.69, 9.17) is 14.2 Å². The zero-order chi connectivity index (χ0) is 74.4. The van der Waals surface area contributed by atoms with Crippen LogP contribution in [-0.2, 0) is 35.5 Å². The van der Waals surface area contributed by atoms with Gasteiger partial charge in [-0.1, -0.05) is 261 Å². The van der Waals surface area contributed by atoms with Crippen LogP contribution in [0.3, 0.4) is 0 Å². The lowest BCUT2D eigenvalue weighted by Crippen LogP contribution is -2.37. The van der Waals surface area contributed by atoms with E-state index >= 15 is 0 Å². The molecule has 0 saturated heterocycles. The molecule has 0 spiro atoms. The first-order chi connectivity index (χ1) is 46.0. The van der Waals surface area contributed by atoms with Crippen LogP contribution in [0.25, 0.3) is 0 Å². The third-order valence-corrected chi connectivity index (χ3v) is 23.7. The maximum atomic E-state index is 6.83. The van der Waals surface area contributed by atoms with Crippen LogP contribution < -0.4 is 14.2 Å². The summed E-state index contributed by atoms with van der Waals surface area (Å²) in [6, 6.07) is 7.15. The highest BCUT2D eigenvalue weighted by atomic mass is 16.5. The Hall–Kier alpha value is -3.72. The van der Waals surface area contributed by atoms with Crippen molar-refractivity contribution < 1.29 is 14.2 Å². The first-order valence-corrected chi connectivity index (χ1v) is 41.4. The van der Waals surface area contributed by atoms with E-state index in [2.05, 4.69) is 244 Å². The Balaban J connectivity index is 0.000000315. The van der Waals surface area contributed by atoms with E-state index in [1.807, 2.05) is 0 Å². The lowest BCUT2D eigenvalue weighted by molar-refractivity contribution is 0.0510. The van der Waals surface area contributed by atoms with Crippen LogP contribution >= 0.6 is 0 Å². The second kappa shape index (κ2) is 40.0. The molecule has 0 amide bonds. The maximum Gasteiger partial charge on any atom is 0.126 e. The van der Waals surface area contributed by atoms with E-state index in [-0.39, 0.29) is 33.0 Å². The van der Waals surface area contributed by atoms with E-state index in [1.54, 1.807) is 0 Å². The molecule has 0 aromatic heterocycles. The van der Waals surface area contributed by atoms with Crippen molar-refractivity contribution in [3.05, 3.63) is 120 Å². The SMILES string of the molecule is CC(C)=CCC/C(C)=C/CC/C(C)=C/CCC1(C)CCc2cc(C(C)(C)C)c(C)c(C)c2O1.Cc1c(C)c(C(C)(C)C)c(C)c2c1OC(C)(CCCC(C)CCCC(C)CCCC(C)C)CC2.Cc1cc(C(C)(C)C)cc2c1OC(C)(CCCC(C)CCCC(C)CCCC(C)C)CC2. The summed E-state index contributed by atoms with van der Waals surface area (Å²) in [6.07, 6.45) is 45.3. The van der Waals surface area contributed by atoms with Crippen LogP contribution in [0.4, 0.5) is 0 Å². The fraction of sp³-hybridized carbons (Fsp3) is 0.750. The van der Waals surface area contributed by atoms with E-state index in [0.717, 1.165) is 112 Å². The van der Waals surface area contributed by atoms with E-state index < -0.39 is 0 Å². The van der Waals surface area contributed by atoms with Crippen LogP contribution in [0, 0.1) is 77.0 Å². The summed E-state index contributed by atoms with van der Waals surface area (Å²) in [5.74, 6) is 8.72. The average molecular weight is 1360 g/mol. The van der Waals surface area contributed by atoms with Crippen molar-refractivity contribution >= 4 is 0 Å². The monoisotopic (exact) mass is 1360 g/mol. The maximum absolute atomic E-state index is 6.83. The topological polar surface area (TPSA) is 27.7 Å². The molecule has 564 valence electrons. The summed E-state index contributed by atoms with van der Waals surface area (Å²) >= 11 is 0. The molecule has 3 aromatic carbocycles. The molecule has 3 aliphatic rings.